The van der Waals surface area contributed by atoms with E-state index in [1.54, 1.807) is 0 Å². The van der Waals surface area contributed by atoms with E-state index < -0.39 is 12.0 Å². The smallest absolute Gasteiger partial charge is 0.407 e. The van der Waals surface area contributed by atoms with Crippen molar-refractivity contribution in [3.05, 3.63) is 59.6 Å². The molecule has 3 aromatic rings. The number of hydrogen-bond acceptors (Lipinski definition) is 9. The minimum Gasteiger partial charge on any atom is -0.471 e. The SMILES string of the molecule is CCC.CCc1ncc(-c2ccc(C3(CCCc4cnc(C5CCCN5C(=O)C(NC)C(C)C)[nH]4)CCCCC3)cc2)[nH]1.COC(=O)NCC(N)=O.COC=O. The molecule has 2 aliphatic rings. The van der Waals surface area contributed by atoms with Crippen LogP contribution in [-0.2, 0) is 42.1 Å². The van der Waals surface area contributed by atoms with Gasteiger partial charge in [0.25, 0.3) is 6.47 Å². The van der Waals surface area contributed by atoms with Crippen LogP contribution in [0.4, 0.5) is 4.79 Å². The maximum absolute atomic E-state index is 13.3. The summed E-state index contributed by atoms with van der Waals surface area (Å²) in [5, 5.41) is 5.32. The third kappa shape index (κ3) is 14.7. The average molecular weight is 781 g/mol. The highest BCUT2D eigenvalue weighted by Gasteiger charge is 2.36. The second kappa shape index (κ2) is 25.4. The zero-order valence-electron chi connectivity index (χ0n) is 35.0. The first-order chi connectivity index (χ1) is 26.9. The van der Waals surface area contributed by atoms with Crippen LogP contribution in [0.1, 0.15) is 128 Å². The highest BCUT2D eigenvalue weighted by atomic mass is 16.5. The molecule has 0 radical (unpaired) electrons. The van der Waals surface area contributed by atoms with Crippen molar-refractivity contribution in [2.45, 2.75) is 129 Å². The Bertz CT molecular complexity index is 1580. The molecule has 1 saturated carbocycles. The molecule has 2 unspecified atom stereocenters. The number of H-pyrrole nitrogens is 2. The van der Waals surface area contributed by atoms with Crippen molar-refractivity contribution in [2.75, 3.05) is 34.4 Å². The molecule has 5 rings (SSSR count). The van der Waals surface area contributed by atoms with E-state index in [-0.39, 0.29) is 35.9 Å². The largest absolute Gasteiger partial charge is 0.471 e. The predicted octanol–water partition coefficient (Wildman–Crippen LogP) is 6.53. The van der Waals surface area contributed by atoms with E-state index in [1.807, 2.05) is 24.3 Å². The van der Waals surface area contributed by atoms with Gasteiger partial charge in [0.2, 0.25) is 11.8 Å². The number of aromatic nitrogens is 4. The molecule has 1 aliphatic heterocycles. The molecule has 3 heterocycles. The number of nitrogens with zero attached hydrogens (tertiary/aromatic N) is 3. The standard InChI is InChI=1S/C33H48N6O.C4H8N2O3.C3H8.C2H4O2/c1-5-29-35-22-27(38-29)24-13-15-25(16-14-24)33(17-7-6-8-18-33)19-9-11-26-21-36-31(37-26)28-12-10-20-39(28)32(40)30(34-4)23(2)3;1-9-4(8)6-2-3(5)7;1-3-2;1-4-2-3/h13-16,21-23,28,30,34H,5-12,17-20H2,1-4H3,(H,35,38)(H,36,37);2H2,1H3,(H2,5,7)(H,6,8);3H2,1-2H3;2H,1H3. The Morgan fingerprint density at radius 3 is 2.21 bits per heavy atom. The molecule has 3 amide bonds. The predicted molar refractivity (Wildman–Crippen MR) is 220 cm³/mol. The number of aryl methyl sites for hydroxylation is 2. The van der Waals surface area contributed by atoms with Crippen LogP contribution < -0.4 is 16.4 Å². The number of alkyl carbamates (subject to hydrolysis) is 1. The summed E-state index contributed by atoms with van der Waals surface area (Å²) >= 11 is 0. The second-order valence-corrected chi connectivity index (χ2v) is 14.7. The molecule has 1 saturated heterocycles. The molecular formula is C42H68N8O6. The summed E-state index contributed by atoms with van der Waals surface area (Å²) < 4.78 is 8.00. The van der Waals surface area contributed by atoms with Gasteiger partial charge < -0.3 is 40.7 Å². The van der Waals surface area contributed by atoms with E-state index in [2.05, 4.69) is 99.7 Å². The van der Waals surface area contributed by atoms with Crippen LogP contribution >= 0.6 is 0 Å². The number of imidazole rings is 2. The van der Waals surface area contributed by atoms with Gasteiger partial charge in [-0.15, -0.1) is 0 Å². The number of carbonyl (C=O) groups is 4. The van der Waals surface area contributed by atoms with Crippen molar-refractivity contribution in [1.29, 1.82) is 0 Å². The van der Waals surface area contributed by atoms with Crippen molar-refractivity contribution in [1.82, 2.24) is 35.5 Å². The van der Waals surface area contributed by atoms with E-state index in [1.165, 1.54) is 76.0 Å². The van der Waals surface area contributed by atoms with Gasteiger partial charge in [0.1, 0.15) is 11.6 Å². The fraction of sp³-hybridized carbons (Fsp3) is 0.619. The molecule has 2 aromatic heterocycles. The van der Waals surface area contributed by atoms with Crippen molar-refractivity contribution >= 4 is 24.4 Å². The number of rotatable bonds is 14. The lowest BCUT2D eigenvalue weighted by Gasteiger charge is -2.38. The fourth-order valence-electron chi connectivity index (χ4n) is 7.36. The number of carbonyl (C=O) groups excluding carboxylic acids is 4. The number of likely N-dealkylation sites (tertiary alicyclic amines) is 1. The number of methoxy groups -OCH3 is 2. The van der Waals surface area contributed by atoms with Gasteiger partial charge in [-0.1, -0.05) is 84.6 Å². The van der Waals surface area contributed by atoms with E-state index in [0.29, 0.717) is 6.47 Å². The number of likely N-dealkylation sites (N-methyl/N-ethyl adjacent to an activating group) is 1. The van der Waals surface area contributed by atoms with Gasteiger partial charge in [0.05, 0.1) is 44.7 Å². The summed E-state index contributed by atoms with van der Waals surface area (Å²) in [5.41, 5.74) is 9.93. The zero-order valence-corrected chi connectivity index (χ0v) is 35.0. The summed E-state index contributed by atoms with van der Waals surface area (Å²) in [7, 11) is 4.40. The Hall–Kier alpha value is -4.72. The number of nitrogens with one attached hydrogen (secondary N) is 4. The molecule has 2 fully saturated rings. The first-order valence-electron chi connectivity index (χ1n) is 20.2. The van der Waals surface area contributed by atoms with Gasteiger partial charge in [-0.05, 0) is 74.5 Å². The molecule has 6 N–H and O–H groups in total. The lowest BCUT2D eigenvalue weighted by atomic mass is 9.66. The molecule has 1 aromatic carbocycles. The first kappa shape index (κ1) is 47.4. The molecule has 56 heavy (non-hydrogen) atoms. The number of nitrogens with two attached hydrogens (primary N) is 1. The molecule has 0 spiro atoms. The van der Waals surface area contributed by atoms with E-state index in [0.717, 1.165) is 56.0 Å². The summed E-state index contributed by atoms with van der Waals surface area (Å²) in [6.45, 7) is 11.6. The monoisotopic (exact) mass is 781 g/mol. The highest BCUT2D eigenvalue weighted by Crippen LogP contribution is 2.44. The molecular weight excluding hydrogens is 713 g/mol. The Morgan fingerprint density at radius 1 is 1.02 bits per heavy atom. The van der Waals surface area contributed by atoms with Gasteiger partial charge in [-0.2, -0.15) is 0 Å². The van der Waals surface area contributed by atoms with Gasteiger partial charge in [-0.25, -0.2) is 14.8 Å². The van der Waals surface area contributed by atoms with Gasteiger partial charge in [-0.3, -0.25) is 14.4 Å². The maximum atomic E-state index is 13.3. The Balaban J connectivity index is 0.000000573. The van der Waals surface area contributed by atoms with Crippen LogP contribution in [0.2, 0.25) is 0 Å². The summed E-state index contributed by atoms with van der Waals surface area (Å²) in [4.78, 5) is 60.7. The Morgan fingerprint density at radius 2 is 1.68 bits per heavy atom. The molecule has 312 valence electrons. The fourth-order valence-corrected chi connectivity index (χ4v) is 7.36. The van der Waals surface area contributed by atoms with E-state index in [9.17, 15) is 14.4 Å². The van der Waals surface area contributed by atoms with Gasteiger partial charge in [0.15, 0.2) is 0 Å². The number of benzene rings is 1. The summed E-state index contributed by atoms with van der Waals surface area (Å²) in [6, 6.07) is 9.18. The van der Waals surface area contributed by atoms with Gasteiger partial charge >= 0.3 is 6.09 Å². The van der Waals surface area contributed by atoms with Crippen molar-refractivity contribution in [3.8, 4) is 11.3 Å². The van der Waals surface area contributed by atoms with Crippen LogP contribution in [0.3, 0.4) is 0 Å². The van der Waals surface area contributed by atoms with Crippen LogP contribution in [0.15, 0.2) is 36.7 Å². The quantitative estimate of drug-likeness (QED) is 0.113. The highest BCUT2D eigenvalue weighted by molar-refractivity contribution is 5.83. The number of hydrogen-bond donors (Lipinski definition) is 5. The molecule has 1 aliphatic carbocycles. The van der Waals surface area contributed by atoms with Crippen molar-refractivity contribution in [3.63, 3.8) is 0 Å². The van der Waals surface area contributed by atoms with Gasteiger partial charge in [0, 0.05) is 24.9 Å². The van der Waals surface area contributed by atoms with Crippen LogP contribution in [0, 0.1) is 5.92 Å². The molecule has 0 bridgehead atoms. The molecule has 2 atom stereocenters. The normalized spacial score (nSPS) is 16.2. The topological polar surface area (TPSA) is 197 Å². The number of amides is 3. The summed E-state index contributed by atoms with van der Waals surface area (Å²) in [5.74, 6) is 1.85. The number of primary amides is 1. The Labute approximate surface area is 333 Å². The third-order valence-corrected chi connectivity index (χ3v) is 10.1. The second-order valence-electron chi connectivity index (χ2n) is 14.7. The minimum absolute atomic E-state index is 0.0577. The minimum atomic E-state index is -0.659. The summed E-state index contributed by atoms with van der Waals surface area (Å²) in [6.07, 6.45) is 17.3. The zero-order chi connectivity index (χ0) is 41.5. The average Bonchev–Trinajstić information content (AvgIpc) is 4.00. The molecule has 14 nitrogen and oxygen atoms in total. The lowest BCUT2D eigenvalue weighted by molar-refractivity contribution is -0.135. The number of ether oxygens (including phenoxy) is 2. The van der Waals surface area contributed by atoms with Crippen molar-refractivity contribution in [2.24, 2.45) is 11.7 Å². The van der Waals surface area contributed by atoms with Crippen LogP contribution in [0.5, 0.6) is 0 Å². The van der Waals surface area contributed by atoms with Crippen molar-refractivity contribution < 1.29 is 28.7 Å². The van der Waals surface area contributed by atoms with E-state index in [4.69, 9.17) is 9.78 Å². The number of aromatic amines is 2. The third-order valence-electron chi connectivity index (χ3n) is 10.1. The molecule has 14 heteroatoms. The Kier molecular flexibility index (Phi) is 21.5. The van der Waals surface area contributed by atoms with Crippen LogP contribution in [-0.4, -0.2) is 89.6 Å². The first-order valence-corrected chi connectivity index (χ1v) is 20.2. The lowest BCUT2D eigenvalue weighted by Crippen LogP contribution is -2.47. The maximum Gasteiger partial charge on any atom is 0.407 e. The van der Waals surface area contributed by atoms with E-state index >= 15 is 0 Å². The van der Waals surface area contributed by atoms with Crippen LogP contribution in [0.25, 0.3) is 11.3 Å².